The summed E-state index contributed by atoms with van der Waals surface area (Å²) in [5.41, 5.74) is -0.462. The van der Waals surface area contributed by atoms with Crippen molar-refractivity contribution >= 4 is 29.5 Å². The van der Waals surface area contributed by atoms with Crippen molar-refractivity contribution in [3.05, 3.63) is 39.9 Å². The Balaban J connectivity index is 3.18. The number of nitro benzene ring substituents is 1. The van der Waals surface area contributed by atoms with Gasteiger partial charge in [0.15, 0.2) is 0 Å². The Morgan fingerprint density at radius 3 is 2.22 bits per heavy atom. The lowest BCUT2D eigenvalue weighted by Gasteiger charge is -2.23. The van der Waals surface area contributed by atoms with Gasteiger partial charge in [0.05, 0.1) is 38.6 Å². The van der Waals surface area contributed by atoms with Crippen molar-refractivity contribution in [3.63, 3.8) is 0 Å². The molecule has 0 aliphatic heterocycles. The largest absolute Gasteiger partial charge is 0.469 e. The fourth-order valence-electron chi connectivity index (χ4n) is 2.19. The maximum atomic E-state index is 12.4. The van der Waals surface area contributed by atoms with Crippen LogP contribution in [0.25, 0.3) is 0 Å². The van der Waals surface area contributed by atoms with Crippen LogP contribution in [0.15, 0.2) is 24.3 Å². The molecule has 146 valence electrons. The number of rotatable bonds is 8. The number of benzene rings is 1. The molecule has 1 amide bonds. The first kappa shape index (κ1) is 21.5. The molecule has 0 saturated heterocycles. The van der Waals surface area contributed by atoms with E-state index in [1.807, 2.05) is 0 Å². The standard InChI is InChI=1S/C16H18N2O9/c1-25-12(19)8-11(15(21)26-2)13(16(22)27-3)17-14(20)9-5-4-6-10(7-9)18(23)24/h4-7,11,13H,8H2,1-3H3,(H,17,20)/t11-,13+/m1/s1. The summed E-state index contributed by atoms with van der Waals surface area (Å²) in [5.74, 6) is -5.07. The van der Waals surface area contributed by atoms with E-state index in [0.29, 0.717) is 0 Å². The second-order valence-corrected chi connectivity index (χ2v) is 5.19. The number of esters is 3. The molecule has 2 atom stereocenters. The van der Waals surface area contributed by atoms with Crippen molar-refractivity contribution in [2.24, 2.45) is 5.92 Å². The van der Waals surface area contributed by atoms with Crippen LogP contribution in [0.1, 0.15) is 16.8 Å². The van der Waals surface area contributed by atoms with Crippen LogP contribution >= 0.6 is 0 Å². The lowest BCUT2D eigenvalue weighted by atomic mass is 9.95. The minimum Gasteiger partial charge on any atom is -0.469 e. The normalized spacial score (nSPS) is 12.3. The fraction of sp³-hybridized carbons (Fsp3) is 0.375. The molecule has 0 aliphatic carbocycles. The molecule has 0 aliphatic rings. The van der Waals surface area contributed by atoms with Crippen molar-refractivity contribution in [3.8, 4) is 0 Å². The lowest BCUT2D eigenvalue weighted by Crippen LogP contribution is -2.50. The number of methoxy groups -OCH3 is 3. The molecule has 0 saturated carbocycles. The Morgan fingerprint density at radius 2 is 1.70 bits per heavy atom. The van der Waals surface area contributed by atoms with Crippen LogP contribution in [0.5, 0.6) is 0 Å². The first-order chi connectivity index (χ1) is 12.7. The van der Waals surface area contributed by atoms with Gasteiger partial charge in [-0.05, 0) is 6.07 Å². The molecule has 11 heteroatoms. The number of carbonyl (C=O) groups is 4. The van der Waals surface area contributed by atoms with E-state index in [1.165, 1.54) is 18.2 Å². The Bertz CT molecular complexity index is 747. The van der Waals surface area contributed by atoms with Gasteiger partial charge in [-0.15, -0.1) is 0 Å². The monoisotopic (exact) mass is 382 g/mol. The summed E-state index contributed by atoms with van der Waals surface area (Å²) in [6, 6.07) is 3.17. The van der Waals surface area contributed by atoms with E-state index < -0.39 is 47.1 Å². The molecule has 0 fully saturated rings. The zero-order valence-corrected chi connectivity index (χ0v) is 14.8. The molecule has 0 spiro atoms. The second kappa shape index (κ2) is 9.85. The molecule has 1 aromatic carbocycles. The van der Waals surface area contributed by atoms with E-state index in [1.54, 1.807) is 0 Å². The maximum absolute atomic E-state index is 12.4. The molecular formula is C16H18N2O9. The summed E-state index contributed by atoms with van der Waals surface area (Å²) in [4.78, 5) is 58.2. The van der Waals surface area contributed by atoms with E-state index >= 15 is 0 Å². The van der Waals surface area contributed by atoms with Crippen LogP contribution in [0.4, 0.5) is 5.69 Å². The van der Waals surface area contributed by atoms with Crippen molar-refractivity contribution in [1.82, 2.24) is 5.32 Å². The summed E-state index contributed by atoms with van der Waals surface area (Å²) in [7, 11) is 3.16. The van der Waals surface area contributed by atoms with Gasteiger partial charge in [-0.3, -0.25) is 24.5 Å². The molecule has 27 heavy (non-hydrogen) atoms. The average Bonchev–Trinajstić information content (AvgIpc) is 2.68. The van der Waals surface area contributed by atoms with Gasteiger partial charge in [0.1, 0.15) is 6.04 Å². The Labute approximate surface area is 153 Å². The van der Waals surface area contributed by atoms with Crippen LogP contribution in [0, 0.1) is 16.0 Å². The van der Waals surface area contributed by atoms with E-state index in [4.69, 9.17) is 0 Å². The molecule has 0 unspecified atom stereocenters. The number of hydrogen-bond donors (Lipinski definition) is 1. The van der Waals surface area contributed by atoms with Gasteiger partial charge < -0.3 is 19.5 Å². The highest BCUT2D eigenvalue weighted by atomic mass is 16.6. The van der Waals surface area contributed by atoms with Gasteiger partial charge in [-0.1, -0.05) is 6.07 Å². The van der Waals surface area contributed by atoms with Gasteiger partial charge in [0.25, 0.3) is 11.6 Å². The summed E-state index contributed by atoms with van der Waals surface area (Å²) in [5, 5.41) is 13.1. The highest BCUT2D eigenvalue weighted by Crippen LogP contribution is 2.17. The third kappa shape index (κ3) is 5.76. The van der Waals surface area contributed by atoms with Gasteiger partial charge in [0, 0.05) is 17.7 Å². The molecule has 1 N–H and O–H groups in total. The van der Waals surface area contributed by atoms with Crippen LogP contribution < -0.4 is 5.32 Å². The van der Waals surface area contributed by atoms with Crippen molar-refractivity contribution < 1.29 is 38.3 Å². The number of ether oxygens (including phenoxy) is 3. The quantitative estimate of drug-likeness (QED) is 0.288. The van der Waals surface area contributed by atoms with Gasteiger partial charge in [-0.25, -0.2) is 4.79 Å². The predicted octanol–water partition coefficient (Wildman–Crippen LogP) is 0.218. The number of non-ortho nitro benzene ring substituents is 1. The molecule has 0 aromatic heterocycles. The average molecular weight is 382 g/mol. The van der Waals surface area contributed by atoms with Crippen molar-refractivity contribution in [2.45, 2.75) is 12.5 Å². The lowest BCUT2D eigenvalue weighted by molar-refractivity contribution is -0.384. The number of nitrogens with zero attached hydrogens (tertiary/aromatic N) is 1. The number of nitrogens with one attached hydrogen (secondary N) is 1. The minimum absolute atomic E-state index is 0.125. The number of nitro groups is 1. The van der Waals surface area contributed by atoms with E-state index in [2.05, 4.69) is 19.5 Å². The molecule has 1 aromatic rings. The molecule has 1 rings (SSSR count). The third-order valence-corrected chi connectivity index (χ3v) is 3.58. The summed E-state index contributed by atoms with van der Waals surface area (Å²) in [6.45, 7) is 0. The van der Waals surface area contributed by atoms with Gasteiger partial charge in [-0.2, -0.15) is 0 Å². The topological polar surface area (TPSA) is 151 Å². The maximum Gasteiger partial charge on any atom is 0.329 e. The fourth-order valence-corrected chi connectivity index (χ4v) is 2.19. The summed E-state index contributed by atoms with van der Waals surface area (Å²) in [6.07, 6.45) is -0.557. The third-order valence-electron chi connectivity index (χ3n) is 3.58. The van der Waals surface area contributed by atoms with Gasteiger partial charge in [0.2, 0.25) is 0 Å². The van der Waals surface area contributed by atoms with Gasteiger partial charge >= 0.3 is 17.9 Å². The van der Waals surface area contributed by atoms with Crippen LogP contribution in [-0.4, -0.2) is 56.1 Å². The molecular weight excluding hydrogens is 364 g/mol. The molecule has 0 heterocycles. The highest BCUT2D eigenvalue weighted by molar-refractivity contribution is 5.98. The molecule has 11 nitrogen and oxygen atoms in total. The number of hydrogen-bond acceptors (Lipinski definition) is 9. The smallest absolute Gasteiger partial charge is 0.329 e. The summed E-state index contributed by atoms with van der Waals surface area (Å²) >= 11 is 0. The molecule has 0 radical (unpaired) electrons. The minimum atomic E-state index is -1.58. The Morgan fingerprint density at radius 1 is 1.07 bits per heavy atom. The predicted molar refractivity (Wildman–Crippen MR) is 88.5 cm³/mol. The number of carbonyl (C=O) groups excluding carboxylic acids is 4. The van der Waals surface area contributed by atoms with Crippen molar-refractivity contribution in [2.75, 3.05) is 21.3 Å². The van der Waals surface area contributed by atoms with Crippen LogP contribution in [0.3, 0.4) is 0 Å². The Kier molecular flexibility index (Phi) is 7.86. The molecule has 0 bridgehead atoms. The summed E-state index contributed by atoms with van der Waals surface area (Å²) < 4.78 is 13.6. The van der Waals surface area contributed by atoms with E-state index in [0.717, 1.165) is 27.4 Å². The Hall–Kier alpha value is -3.50. The number of amides is 1. The SMILES string of the molecule is COC(=O)C[C@@H](C(=O)OC)[C@H](NC(=O)c1cccc([N+](=O)[O-])c1)C(=O)OC. The van der Waals surface area contributed by atoms with Crippen molar-refractivity contribution in [1.29, 1.82) is 0 Å². The van der Waals surface area contributed by atoms with E-state index in [9.17, 15) is 29.3 Å². The zero-order valence-electron chi connectivity index (χ0n) is 14.8. The van der Waals surface area contributed by atoms with E-state index in [-0.39, 0.29) is 11.3 Å². The second-order valence-electron chi connectivity index (χ2n) is 5.19. The highest BCUT2D eigenvalue weighted by Gasteiger charge is 2.38. The van der Waals surface area contributed by atoms with Crippen LogP contribution in [0.2, 0.25) is 0 Å². The zero-order chi connectivity index (χ0) is 20.6. The van der Waals surface area contributed by atoms with Crippen LogP contribution in [-0.2, 0) is 28.6 Å². The first-order valence-corrected chi connectivity index (χ1v) is 7.52. The first-order valence-electron chi connectivity index (χ1n) is 7.52.